The van der Waals surface area contributed by atoms with E-state index in [9.17, 15) is 19.5 Å². The number of quaternary nitrogens is 1. The highest BCUT2D eigenvalue weighted by atomic mass is 16.7. The van der Waals surface area contributed by atoms with Gasteiger partial charge in [0.1, 0.15) is 13.2 Å². The Balaban J connectivity index is 3.96. The zero-order valence-corrected chi connectivity index (χ0v) is 70.2. The number of rotatable bonds is 82. The molecule has 0 amide bonds. The quantitative estimate of drug-likeness (QED) is 0.0195. The molecule has 612 valence electrons. The van der Waals surface area contributed by atoms with Gasteiger partial charge in [-0.15, -0.1) is 0 Å². The van der Waals surface area contributed by atoms with Crippen LogP contribution in [0.15, 0.2) is 158 Å². The minimum atomic E-state index is -1.63. The third-order valence-electron chi connectivity index (χ3n) is 19.3. The molecule has 9 nitrogen and oxygen atoms in total. The molecule has 0 radical (unpaired) electrons. The summed E-state index contributed by atoms with van der Waals surface area (Å²) in [6, 6.07) is 0. The van der Waals surface area contributed by atoms with Crippen molar-refractivity contribution in [1.82, 2.24) is 0 Å². The number of unbranched alkanes of at least 4 members (excludes halogenated alkanes) is 41. The largest absolute Gasteiger partial charge is 0.545 e. The van der Waals surface area contributed by atoms with Crippen LogP contribution < -0.4 is 5.11 Å². The van der Waals surface area contributed by atoms with E-state index in [1.165, 1.54) is 231 Å². The van der Waals surface area contributed by atoms with Crippen LogP contribution in [0, 0.1) is 0 Å². The predicted molar refractivity (Wildman–Crippen MR) is 462 cm³/mol. The molecule has 0 aliphatic rings. The van der Waals surface area contributed by atoms with E-state index < -0.39 is 24.3 Å². The molecule has 0 N–H and O–H groups in total. The standard InChI is InChI=1S/C98H167NO8/c1-6-8-10-12-14-16-18-20-22-24-26-28-30-32-34-36-38-40-42-44-46-48-50-52-54-56-58-60-62-64-66-68-70-72-74-76-78-80-82-84-86-88-95(100)105-92-94(93-106-98(97(102)103)104-91-90-99(3,4)5)107-96(101)89-87-85-83-81-79-77-75-73-71-69-67-65-63-61-59-57-55-53-51-49-47-45-43-41-39-37-35-33-31-29-27-25-23-21-19-17-15-13-11-9-7-2/h8-11,14-17,20-23,26-29,32-35,39,41,45,47,51,53,94,98H,6-7,12-13,18-19,24-25,30-31,36-38,40,42-44,46,48-50,52,54-93H2,1-5H3/b10-8-,11-9-,16-14-,17-15-,22-20-,23-21-,28-26-,29-27-,34-32-,35-33-,41-39-,47-45-,53-51-. The van der Waals surface area contributed by atoms with Crippen molar-refractivity contribution in [3.05, 3.63) is 158 Å². The number of carboxylic acids is 1. The minimum absolute atomic E-state index is 0.145. The molecular weight excluding hydrogens is 1320 g/mol. The second-order valence-electron chi connectivity index (χ2n) is 30.8. The summed E-state index contributed by atoms with van der Waals surface area (Å²) in [6.07, 6.45) is 125. The summed E-state index contributed by atoms with van der Waals surface area (Å²) in [5.74, 6) is -2.27. The molecule has 0 heterocycles. The molecule has 0 aromatic heterocycles. The topological polar surface area (TPSA) is 111 Å². The van der Waals surface area contributed by atoms with E-state index in [4.69, 9.17) is 18.9 Å². The Morgan fingerprint density at radius 2 is 0.505 bits per heavy atom. The zero-order valence-electron chi connectivity index (χ0n) is 70.2. The molecule has 0 saturated heterocycles. The van der Waals surface area contributed by atoms with Gasteiger partial charge in [0.2, 0.25) is 0 Å². The molecule has 2 atom stereocenters. The lowest BCUT2D eigenvalue weighted by molar-refractivity contribution is -0.870. The summed E-state index contributed by atoms with van der Waals surface area (Å²) in [7, 11) is 5.95. The number of likely N-dealkylation sites (N-methyl/N-ethyl adjacent to an activating group) is 1. The van der Waals surface area contributed by atoms with Crippen molar-refractivity contribution in [3.8, 4) is 0 Å². The molecule has 0 aliphatic carbocycles. The van der Waals surface area contributed by atoms with E-state index in [0.717, 1.165) is 122 Å². The maximum atomic E-state index is 13.0. The van der Waals surface area contributed by atoms with Crippen molar-refractivity contribution >= 4 is 17.9 Å². The Hall–Kier alpha value is -5.09. The van der Waals surface area contributed by atoms with Crippen molar-refractivity contribution in [2.24, 2.45) is 0 Å². The maximum Gasteiger partial charge on any atom is 0.306 e. The van der Waals surface area contributed by atoms with Gasteiger partial charge in [0, 0.05) is 12.8 Å². The number of carbonyl (C=O) groups excluding carboxylic acids is 3. The molecule has 2 unspecified atom stereocenters. The fourth-order valence-electron chi connectivity index (χ4n) is 12.6. The van der Waals surface area contributed by atoms with E-state index in [-0.39, 0.29) is 32.2 Å². The summed E-state index contributed by atoms with van der Waals surface area (Å²) in [6.45, 7) is 4.56. The number of allylic oxidation sites excluding steroid dienone is 26. The first kappa shape index (κ1) is 102. The van der Waals surface area contributed by atoms with Crippen LogP contribution in [0.3, 0.4) is 0 Å². The number of esters is 2. The lowest BCUT2D eigenvalue weighted by Gasteiger charge is -2.26. The Morgan fingerprint density at radius 3 is 0.748 bits per heavy atom. The van der Waals surface area contributed by atoms with Gasteiger partial charge in [-0.3, -0.25) is 9.59 Å². The number of ether oxygens (including phenoxy) is 4. The number of hydrogen-bond acceptors (Lipinski definition) is 8. The SMILES string of the molecule is CC/C=C\C/C=C\C/C=C\C/C=C\C/C=C\C/C=C\C/C=C\C/C=C\CCCCCCCCCCCCCCCCCCC(=O)OC(COC(=O)CCCCCCCCCCCCCCCCCCCCCCCCCCC/C=C\C/C=C\C/C=C\C/C=C\C/C=C\CC)COC(OCC[N+](C)(C)C)C(=O)[O-]. The fourth-order valence-corrected chi connectivity index (χ4v) is 12.6. The van der Waals surface area contributed by atoms with Crippen molar-refractivity contribution in [1.29, 1.82) is 0 Å². The van der Waals surface area contributed by atoms with Crippen LogP contribution in [0.2, 0.25) is 0 Å². The Kier molecular flexibility index (Phi) is 82.4. The maximum absolute atomic E-state index is 13.0. The van der Waals surface area contributed by atoms with Crippen molar-refractivity contribution in [2.75, 3.05) is 47.5 Å². The van der Waals surface area contributed by atoms with Gasteiger partial charge in [-0.25, -0.2) is 0 Å². The summed E-state index contributed by atoms with van der Waals surface area (Å²) >= 11 is 0. The molecule has 0 saturated carbocycles. The monoisotopic (exact) mass is 1490 g/mol. The predicted octanol–water partition coefficient (Wildman–Crippen LogP) is 28.2. The molecule has 9 heteroatoms. The normalized spacial score (nSPS) is 13.4. The van der Waals surface area contributed by atoms with Crippen LogP contribution in [0.4, 0.5) is 0 Å². The van der Waals surface area contributed by atoms with Crippen LogP contribution in [-0.4, -0.2) is 82.3 Å². The second-order valence-corrected chi connectivity index (χ2v) is 30.8. The van der Waals surface area contributed by atoms with E-state index in [0.29, 0.717) is 23.9 Å². The lowest BCUT2D eigenvalue weighted by Crippen LogP contribution is -2.44. The molecule has 0 rings (SSSR count). The van der Waals surface area contributed by atoms with Gasteiger partial charge in [0.15, 0.2) is 12.4 Å². The average Bonchev–Trinajstić information content (AvgIpc) is 0.965. The fraction of sp³-hybridized carbons (Fsp3) is 0.704. The zero-order chi connectivity index (χ0) is 77.4. The molecule has 0 bridgehead atoms. The number of hydrogen-bond donors (Lipinski definition) is 0. The smallest absolute Gasteiger partial charge is 0.306 e. The first-order valence-corrected chi connectivity index (χ1v) is 44.6. The van der Waals surface area contributed by atoms with Gasteiger partial charge in [-0.2, -0.15) is 0 Å². The Labute approximate surface area is 661 Å². The third kappa shape index (κ3) is 88.0. The van der Waals surface area contributed by atoms with Crippen LogP contribution >= 0.6 is 0 Å². The molecule has 0 aromatic carbocycles. The van der Waals surface area contributed by atoms with Crippen molar-refractivity contribution < 1.29 is 42.9 Å². The highest BCUT2D eigenvalue weighted by Gasteiger charge is 2.22. The second kappa shape index (κ2) is 86.5. The van der Waals surface area contributed by atoms with Gasteiger partial charge < -0.3 is 33.3 Å². The summed E-state index contributed by atoms with van der Waals surface area (Å²) in [5, 5.41) is 11.9. The first-order valence-electron chi connectivity index (χ1n) is 44.6. The average molecular weight is 1490 g/mol. The highest BCUT2D eigenvalue weighted by Crippen LogP contribution is 2.19. The number of carbonyl (C=O) groups is 3. The first-order chi connectivity index (χ1) is 52.6. The summed E-state index contributed by atoms with van der Waals surface area (Å²) in [4.78, 5) is 37.7. The summed E-state index contributed by atoms with van der Waals surface area (Å²) in [5.41, 5.74) is 0. The van der Waals surface area contributed by atoms with E-state index in [1.54, 1.807) is 0 Å². The van der Waals surface area contributed by atoms with Crippen LogP contribution in [-0.2, 0) is 33.3 Å². The molecule has 0 spiro atoms. The molecule has 107 heavy (non-hydrogen) atoms. The Morgan fingerprint density at radius 1 is 0.280 bits per heavy atom. The molecule has 0 aromatic rings. The van der Waals surface area contributed by atoms with Crippen molar-refractivity contribution in [3.63, 3.8) is 0 Å². The minimum Gasteiger partial charge on any atom is -0.545 e. The number of nitrogens with zero attached hydrogens (tertiary/aromatic N) is 1. The van der Waals surface area contributed by atoms with E-state index in [1.807, 2.05) is 21.1 Å². The molecular formula is C98H167NO8. The van der Waals surface area contributed by atoms with Gasteiger partial charge in [0.05, 0.1) is 40.3 Å². The Bertz CT molecular complexity index is 2340. The van der Waals surface area contributed by atoms with Crippen LogP contribution in [0.1, 0.15) is 386 Å². The van der Waals surface area contributed by atoms with E-state index in [2.05, 4.69) is 172 Å². The molecule has 0 aliphatic heterocycles. The van der Waals surface area contributed by atoms with Crippen LogP contribution in [0.5, 0.6) is 0 Å². The summed E-state index contributed by atoms with van der Waals surface area (Å²) < 4.78 is 22.9. The highest BCUT2D eigenvalue weighted by molar-refractivity contribution is 5.70. The third-order valence-corrected chi connectivity index (χ3v) is 19.3. The lowest BCUT2D eigenvalue weighted by atomic mass is 10.0. The number of carboxylic acid groups (broad SMARTS) is 1. The van der Waals surface area contributed by atoms with Gasteiger partial charge in [-0.05, 0) is 122 Å². The van der Waals surface area contributed by atoms with E-state index >= 15 is 0 Å². The van der Waals surface area contributed by atoms with Gasteiger partial charge >= 0.3 is 11.9 Å². The van der Waals surface area contributed by atoms with Gasteiger partial charge in [0.25, 0.3) is 0 Å². The van der Waals surface area contributed by atoms with Gasteiger partial charge in [-0.1, -0.05) is 409 Å². The van der Waals surface area contributed by atoms with Crippen molar-refractivity contribution in [2.45, 2.75) is 399 Å². The van der Waals surface area contributed by atoms with Crippen LogP contribution in [0.25, 0.3) is 0 Å². The number of aliphatic carboxylic acids is 1. The molecule has 0 fully saturated rings.